The number of nitrogen functional groups attached to an aromatic ring is 1. The van der Waals surface area contributed by atoms with Crippen molar-refractivity contribution in [3.8, 4) is 0 Å². The molecular weight excluding hydrogens is 297 g/mol. The average Bonchev–Trinajstić information content (AvgIpc) is 2.42. The summed E-state index contributed by atoms with van der Waals surface area (Å²) in [4.78, 5) is 6.71. The number of hydrogen-bond acceptors (Lipinski definition) is 5. The van der Waals surface area contributed by atoms with E-state index in [1.54, 1.807) is 0 Å². The van der Waals surface area contributed by atoms with E-state index in [0.717, 1.165) is 12.1 Å². The maximum atomic E-state index is 13.5. The number of alkyl halides is 3. The highest BCUT2D eigenvalue weighted by Gasteiger charge is 2.33. The Balaban J connectivity index is 2.42. The van der Waals surface area contributed by atoms with Crippen LogP contribution in [0.3, 0.4) is 0 Å². The summed E-state index contributed by atoms with van der Waals surface area (Å²) < 4.78 is 64.4. The highest BCUT2D eigenvalue weighted by molar-refractivity contribution is 5.58. The average molecular weight is 305 g/mol. The Hall–Kier alpha value is -2.49. The first kappa shape index (κ1) is 14.9. The molecule has 0 saturated carbocycles. The SMILES string of the molecule is NNc1nc(Nc2cccc(F)c2F)cc(C(F)(F)F)n1. The molecular formula is C11H8F5N5. The van der Waals surface area contributed by atoms with Gasteiger partial charge in [0.25, 0.3) is 0 Å². The minimum atomic E-state index is -4.74. The van der Waals surface area contributed by atoms with Crippen molar-refractivity contribution in [1.82, 2.24) is 9.97 Å². The molecule has 1 aromatic heterocycles. The second-order valence-corrected chi connectivity index (χ2v) is 3.83. The van der Waals surface area contributed by atoms with Crippen LogP contribution in [0.5, 0.6) is 0 Å². The van der Waals surface area contributed by atoms with Gasteiger partial charge in [0, 0.05) is 6.07 Å². The van der Waals surface area contributed by atoms with Crippen molar-refractivity contribution in [2.45, 2.75) is 6.18 Å². The molecule has 4 N–H and O–H groups in total. The summed E-state index contributed by atoms with van der Waals surface area (Å²) >= 11 is 0. The van der Waals surface area contributed by atoms with E-state index in [4.69, 9.17) is 5.84 Å². The lowest BCUT2D eigenvalue weighted by Gasteiger charge is -2.12. The van der Waals surface area contributed by atoms with Gasteiger partial charge in [-0.25, -0.2) is 19.6 Å². The zero-order valence-electron chi connectivity index (χ0n) is 10.2. The summed E-state index contributed by atoms with van der Waals surface area (Å²) in [5.41, 5.74) is 0.204. The number of nitrogens with zero attached hydrogens (tertiary/aromatic N) is 2. The van der Waals surface area contributed by atoms with Crippen LogP contribution in [0.4, 0.5) is 39.4 Å². The van der Waals surface area contributed by atoms with Gasteiger partial charge in [0.05, 0.1) is 5.69 Å². The largest absolute Gasteiger partial charge is 0.433 e. The van der Waals surface area contributed by atoms with Crippen molar-refractivity contribution < 1.29 is 22.0 Å². The van der Waals surface area contributed by atoms with E-state index in [2.05, 4.69) is 15.3 Å². The van der Waals surface area contributed by atoms with E-state index in [1.165, 1.54) is 6.07 Å². The van der Waals surface area contributed by atoms with Gasteiger partial charge in [-0.1, -0.05) is 6.07 Å². The molecule has 112 valence electrons. The topological polar surface area (TPSA) is 75.9 Å². The van der Waals surface area contributed by atoms with Crippen LogP contribution < -0.4 is 16.6 Å². The normalized spacial score (nSPS) is 11.3. The lowest BCUT2D eigenvalue weighted by Crippen LogP contribution is -2.16. The van der Waals surface area contributed by atoms with Gasteiger partial charge >= 0.3 is 6.18 Å². The summed E-state index contributed by atoms with van der Waals surface area (Å²) in [5.74, 6) is 1.66. The van der Waals surface area contributed by atoms with Crippen LogP contribution in [-0.4, -0.2) is 9.97 Å². The number of nitrogens with two attached hydrogens (primary N) is 1. The number of rotatable bonds is 3. The number of nitrogens with one attached hydrogen (secondary N) is 2. The molecule has 0 aliphatic heterocycles. The zero-order valence-corrected chi connectivity index (χ0v) is 10.2. The monoisotopic (exact) mass is 305 g/mol. The third kappa shape index (κ3) is 3.34. The van der Waals surface area contributed by atoms with E-state index < -0.39 is 35.3 Å². The number of aromatic nitrogens is 2. The molecule has 0 radical (unpaired) electrons. The molecule has 0 saturated heterocycles. The van der Waals surface area contributed by atoms with Gasteiger partial charge in [0.2, 0.25) is 5.95 Å². The van der Waals surface area contributed by atoms with Crippen LogP contribution in [0.1, 0.15) is 5.69 Å². The fourth-order valence-corrected chi connectivity index (χ4v) is 1.46. The third-order valence-electron chi connectivity index (χ3n) is 2.36. The molecule has 0 spiro atoms. The van der Waals surface area contributed by atoms with Crippen molar-refractivity contribution >= 4 is 17.5 Å². The first-order chi connectivity index (χ1) is 9.81. The highest BCUT2D eigenvalue weighted by atomic mass is 19.4. The van der Waals surface area contributed by atoms with Crippen LogP contribution in [0.2, 0.25) is 0 Å². The molecule has 0 fully saturated rings. The van der Waals surface area contributed by atoms with Crippen LogP contribution in [0.15, 0.2) is 24.3 Å². The van der Waals surface area contributed by atoms with Crippen molar-refractivity contribution in [3.05, 3.63) is 41.6 Å². The van der Waals surface area contributed by atoms with Gasteiger partial charge in [0.15, 0.2) is 17.3 Å². The smallest absolute Gasteiger partial charge is 0.338 e. The van der Waals surface area contributed by atoms with E-state index >= 15 is 0 Å². The minimum Gasteiger partial charge on any atom is -0.338 e. The Kier molecular flexibility index (Phi) is 3.89. The molecule has 10 heteroatoms. The highest BCUT2D eigenvalue weighted by Crippen LogP contribution is 2.30. The summed E-state index contributed by atoms with van der Waals surface area (Å²) in [6.45, 7) is 0. The fraction of sp³-hybridized carbons (Fsp3) is 0.0909. The molecule has 0 atom stereocenters. The first-order valence-electron chi connectivity index (χ1n) is 5.45. The van der Waals surface area contributed by atoms with Crippen molar-refractivity contribution in [3.63, 3.8) is 0 Å². The summed E-state index contributed by atoms with van der Waals surface area (Å²) in [6, 6.07) is 3.75. The van der Waals surface area contributed by atoms with E-state index in [0.29, 0.717) is 6.07 Å². The molecule has 0 amide bonds. The second kappa shape index (κ2) is 5.48. The van der Waals surface area contributed by atoms with Gasteiger partial charge in [0.1, 0.15) is 5.82 Å². The van der Waals surface area contributed by atoms with E-state index in [-0.39, 0.29) is 5.69 Å². The number of halogens is 5. The number of hydrogen-bond donors (Lipinski definition) is 3. The third-order valence-corrected chi connectivity index (χ3v) is 2.36. The number of hydrazine groups is 1. The number of anilines is 3. The van der Waals surface area contributed by atoms with Gasteiger partial charge in [-0.2, -0.15) is 18.2 Å². The van der Waals surface area contributed by atoms with Crippen LogP contribution >= 0.6 is 0 Å². The van der Waals surface area contributed by atoms with Crippen molar-refractivity contribution in [2.75, 3.05) is 10.7 Å². The Morgan fingerprint density at radius 2 is 1.81 bits per heavy atom. The van der Waals surface area contributed by atoms with Gasteiger partial charge in [-0.15, -0.1) is 0 Å². The molecule has 5 nitrogen and oxygen atoms in total. The summed E-state index contributed by atoms with van der Waals surface area (Å²) in [6.07, 6.45) is -4.74. The van der Waals surface area contributed by atoms with Gasteiger partial charge in [-0.05, 0) is 12.1 Å². The molecule has 21 heavy (non-hydrogen) atoms. The quantitative estimate of drug-likeness (QED) is 0.462. The first-order valence-corrected chi connectivity index (χ1v) is 5.45. The standard InChI is InChI=1S/C11H8F5N5/c12-5-2-1-3-6(9(5)13)18-8-4-7(11(14,15)16)19-10(20-8)21-17/h1-4H,17H2,(H2,18,19,20,21). The van der Waals surface area contributed by atoms with E-state index in [9.17, 15) is 22.0 Å². The predicted molar refractivity (Wildman–Crippen MR) is 64.5 cm³/mol. The summed E-state index contributed by atoms with van der Waals surface area (Å²) in [7, 11) is 0. The predicted octanol–water partition coefficient (Wildman–Crippen LogP) is 2.80. The molecule has 0 aliphatic carbocycles. The van der Waals surface area contributed by atoms with Crippen LogP contribution in [0.25, 0.3) is 0 Å². The van der Waals surface area contributed by atoms with Gasteiger partial charge in [-0.3, -0.25) is 5.43 Å². The lowest BCUT2D eigenvalue weighted by molar-refractivity contribution is -0.141. The lowest BCUT2D eigenvalue weighted by atomic mass is 10.3. The van der Waals surface area contributed by atoms with E-state index in [1.807, 2.05) is 5.43 Å². The molecule has 0 aliphatic rings. The Bertz CT molecular complexity index is 658. The Morgan fingerprint density at radius 3 is 2.43 bits per heavy atom. The van der Waals surface area contributed by atoms with Crippen LogP contribution in [-0.2, 0) is 6.18 Å². The van der Waals surface area contributed by atoms with Gasteiger partial charge < -0.3 is 5.32 Å². The van der Waals surface area contributed by atoms with Crippen molar-refractivity contribution in [1.29, 1.82) is 0 Å². The van der Waals surface area contributed by atoms with Crippen molar-refractivity contribution in [2.24, 2.45) is 5.84 Å². The minimum absolute atomic E-state index is 0.371. The maximum Gasteiger partial charge on any atom is 0.433 e. The summed E-state index contributed by atoms with van der Waals surface area (Å²) in [5, 5.41) is 2.24. The molecule has 1 aromatic carbocycles. The molecule has 0 bridgehead atoms. The molecule has 2 aromatic rings. The molecule has 0 unspecified atom stereocenters. The Labute approximate surface area is 115 Å². The number of benzene rings is 1. The molecule has 2 rings (SSSR count). The molecule has 1 heterocycles. The van der Waals surface area contributed by atoms with Crippen LogP contribution in [0, 0.1) is 11.6 Å². The second-order valence-electron chi connectivity index (χ2n) is 3.83. The Morgan fingerprint density at radius 1 is 1.10 bits per heavy atom. The maximum absolute atomic E-state index is 13.5. The fourth-order valence-electron chi connectivity index (χ4n) is 1.46. The zero-order chi connectivity index (χ0) is 15.6.